The Labute approximate surface area is 218 Å². The fourth-order valence-corrected chi connectivity index (χ4v) is 7.27. The number of aryl methyl sites for hydroxylation is 2. The minimum absolute atomic E-state index is 0.0771. The predicted octanol–water partition coefficient (Wildman–Crippen LogP) is 3.07. The lowest BCUT2D eigenvalue weighted by Gasteiger charge is -2.32. The van der Waals surface area contributed by atoms with Crippen molar-refractivity contribution in [1.29, 1.82) is 0 Å². The van der Waals surface area contributed by atoms with Crippen molar-refractivity contribution in [2.24, 2.45) is 5.92 Å². The number of ether oxygens (including phenoxy) is 1. The van der Waals surface area contributed by atoms with Gasteiger partial charge in [0.1, 0.15) is 5.75 Å². The largest absolute Gasteiger partial charge is 0.497 e. The molecule has 1 aromatic rings. The molecule has 0 spiro atoms. The van der Waals surface area contributed by atoms with Gasteiger partial charge in [-0.1, -0.05) is 0 Å². The van der Waals surface area contributed by atoms with Crippen molar-refractivity contribution < 1.29 is 17.9 Å². The van der Waals surface area contributed by atoms with Crippen LogP contribution in [0, 0.1) is 19.8 Å². The van der Waals surface area contributed by atoms with E-state index in [1.807, 2.05) is 0 Å². The number of piperidine rings is 1. The van der Waals surface area contributed by atoms with Crippen LogP contribution in [-0.4, -0.2) is 83.0 Å². The van der Waals surface area contributed by atoms with E-state index in [0.29, 0.717) is 22.9 Å². The van der Waals surface area contributed by atoms with Crippen LogP contribution < -0.4 is 15.4 Å². The Kier molecular flexibility index (Phi) is 10.6. The van der Waals surface area contributed by atoms with Crippen LogP contribution in [0.4, 0.5) is 0 Å². The van der Waals surface area contributed by atoms with Crippen LogP contribution in [0.5, 0.6) is 5.75 Å². The molecule has 2 aliphatic rings. The van der Waals surface area contributed by atoms with Gasteiger partial charge in [0.05, 0.1) is 12.0 Å². The molecule has 2 N–H and O–H groups in total. The SMILES string of the molecule is COc1cc(C)c(S(=O)(=O)N(C)CCC(=O)N[C@H]2CC[C@H](CCNC3CCCN(C)C3)CC2)c(C)c1. The lowest BCUT2D eigenvalue weighted by atomic mass is 9.84. The van der Waals surface area contributed by atoms with Crippen LogP contribution in [0.3, 0.4) is 0 Å². The lowest BCUT2D eigenvalue weighted by Crippen LogP contribution is -2.44. The summed E-state index contributed by atoms with van der Waals surface area (Å²) in [5.74, 6) is 1.28. The van der Waals surface area contributed by atoms with Gasteiger partial charge in [-0.3, -0.25) is 4.79 Å². The number of methoxy groups -OCH3 is 1. The fraction of sp³-hybridized carbons (Fsp3) is 0.741. The van der Waals surface area contributed by atoms with Gasteiger partial charge in [-0.2, -0.15) is 0 Å². The number of carbonyl (C=O) groups excluding carboxylic acids is 1. The summed E-state index contributed by atoms with van der Waals surface area (Å²) in [6, 6.07) is 4.27. The Morgan fingerprint density at radius 1 is 1.11 bits per heavy atom. The molecule has 1 saturated carbocycles. The van der Waals surface area contributed by atoms with Crippen LogP contribution >= 0.6 is 0 Å². The van der Waals surface area contributed by atoms with Crippen LogP contribution in [0.2, 0.25) is 0 Å². The van der Waals surface area contributed by atoms with Crippen molar-refractivity contribution in [1.82, 2.24) is 19.8 Å². The normalized spacial score (nSPS) is 23.6. The molecule has 9 heteroatoms. The van der Waals surface area contributed by atoms with Crippen molar-refractivity contribution in [3.63, 3.8) is 0 Å². The van der Waals surface area contributed by atoms with Gasteiger partial charge in [0.25, 0.3) is 0 Å². The monoisotopic (exact) mass is 522 g/mol. The van der Waals surface area contributed by atoms with E-state index in [0.717, 1.165) is 44.7 Å². The van der Waals surface area contributed by atoms with E-state index in [4.69, 9.17) is 4.74 Å². The number of likely N-dealkylation sites (N-methyl/N-ethyl adjacent to an activating group) is 1. The lowest BCUT2D eigenvalue weighted by molar-refractivity contribution is -0.122. The van der Waals surface area contributed by atoms with Gasteiger partial charge in [-0.15, -0.1) is 0 Å². The first-order chi connectivity index (χ1) is 17.1. The number of hydrogen-bond acceptors (Lipinski definition) is 6. The zero-order valence-corrected chi connectivity index (χ0v) is 23.6. The quantitative estimate of drug-likeness (QED) is 0.464. The molecular formula is C27H46N4O4S. The first kappa shape index (κ1) is 28.9. The van der Waals surface area contributed by atoms with E-state index in [2.05, 4.69) is 22.6 Å². The highest BCUT2D eigenvalue weighted by atomic mass is 32.2. The number of benzene rings is 1. The zero-order chi connectivity index (χ0) is 26.3. The van der Waals surface area contributed by atoms with Crippen molar-refractivity contribution in [2.75, 3.05) is 47.4 Å². The molecule has 1 aliphatic carbocycles. The van der Waals surface area contributed by atoms with Gasteiger partial charge in [0.2, 0.25) is 15.9 Å². The Morgan fingerprint density at radius 3 is 2.39 bits per heavy atom. The minimum atomic E-state index is -3.69. The van der Waals surface area contributed by atoms with Crippen molar-refractivity contribution in [2.45, 2.75) is 82.2 Å². The number of amides is 1. The summed E-state index contributed by atoms with van der Waals surface area (Å²) in [7, 11) is 1.61. The second-order valence-electron chi connectivity index (χ2n) is 10.8. The van der Waals surface area contributed by atoms with Gasteiger partial charge in [0.15, 0.2) is 0 Å². The number of nitrogens with one attached hydrogen (secondary N) is 2. The van der Waals surface area contributed by atoms with Crippen LogP contribution in [-0.2, 0) is 14.8 Å². The average molecular weight is 523 g/mol. The summed E-state index contributed by atoms with van der Waals surface area (Å²) in [6.45, 7) is 7.12. The highest BCUT2D eigenvalue weighted by Gasteiger charge is 2.27. The molecule has 8 nitrogen and oxygen atoms in total. The summed E-state index contributed by atoms with van der Waals surface area (Å²) < 4.78 is 32.8. The predicted molar refractivity (Wildman–Crippen MR) is 144 cm³/mol. The molecule has 36 heavy (non-hydrogen) atoms. The minimum Gasteiger partial charge on any atom is -0.497 e. The van der Waals surface area contributed by atoms with E-state index in [1.165, 1.54) is 37.2 Å². The molecule has 1 unspecified atom stereocenters. The first-order valence-corrected chi connectivity index (χ1v) is 14.9. The molecule has 1 atom stereocenters. The highest BCUT2D eigenvalue weighted by Crippen LogP contribution is 2.28. The smallest absolute Gasteiger partial charge is 0.243 e. The molecule has 2 fully saturated rings. The Bertz CT molecular complexity index is 953. The fourth-order valence-electron chi connectivity index (χ4n) is 5.69. The third kappa shape index (κ3) is 7.91. The molecule has 0 aromatic heterocycles. The average Bonchev–Trinajstić information content (AvgIpc) is 2.83. The molecule has 0 radical (unpaired) electrons. The maximum atomic E-state index is 13.2. The van der Waals surface area contributed by atoms with E-state index in [-0.39, 0.29) is 29.8 Å². The zero-order valence-electron chi connectivity index (χ0n) is 22.8. The Balaban J connectivity index is 1.38. The van der Waals surface area contributed by atoms with Gasteiger partial charge >= 0.3 is 0 Å². The number of carbonyl (C=O) groups is 1. The number of likely N-dealkylation sites (tertiary alicyclic amines) is 1. The van der Waals surface area contributed by atoms with E-state index in [9.17, 15) is 13.2 Å². The standard InChI is InChI=1S/C27H46N4O4S/c1-20-17-25(35-5)18-21(2)27(20)36(33,34)31(4)16-13-26(32)29-23-10-8-22(9-11-23)12-14-28-24-7-6-15-30(3)19-24/h17-18,22-24,28H,6-16,19H2,1-5H3,(H,29,32)/t22-,23-,24?. The number of hydrogen-bond donors (Lipinski definition) is 2. The molecular weight excluding hydrogens is 476 g/mol. The van der Waals surface area contributed by atoms with Gasteiger partial charge in [-0.05, 0) is 108 Å². The second-order valence-corrected chi connectivity index (χ2v) is 12.8. The third-order valence-corrected chi connectivity index (χ3v) is 9.98. The summed E-state index contributed by atoms with van der Waals surface area (Å²) in [4.78, 5) is 15.3. The maximum Gasteiger partial charge on any atom is 0.243 e. The van der Waals surface area contributed by atoms with Gasteiger partial charge < -0.3 is 20.3 Å². The molecule has 1 heterocycles. The first-order valence-electron chi connectivity index (χ1n) is 13.4. The third-order valence-electron chi connectivity index (χ3n) is 7.81. The van der Waals surface area contributed by atoms with Gasteiger partial charge in [-0.25, -0.2) is 12.7 Å². The second kappa shape index (κ2) is 13.2. The summed E-state index contributed by atoms with van der Waals surface area (Å²) >= 11 is 0. The number of nitrogens with zero attached hydrogens (tertiary/aromatic N) is 2. The summed E-state index contributed by atoms with van der Waals surface area (Å²) in [5.41, 5.74) is 1.28. The maximum absolute atomic E-state index is 13.2. The molecule has 1 saturated heterocycles. The Hall–Kier alpha value is -1.68. The van der Waals surface area contributed by atoms with E-state index in [1.54, 1.807) is 33.1 Å². The van der Waals surface area contributed by atoms with Crippen molar-refractivity contribution >= 4 is 15.9 Å². The van der Waals surface area contributed by atoms with Crippen LogP contribution in [0.1, 0.15) is 62.5 Å². The number of sulfonamides is 1. The van der Waals surface area contributed by atoms with Crippen LogP contribution in [0.25, 0.3) is 0 Å². The van der Waals surface area contributed by atoms with E-state index >= 15 is 0 Å². The molecule has 1 amide bonds. The molecule has 204 valence electrons. The highest BCUT2D eigenvalue weighted by molar-refractivity contribution is 7.89. The molecule has 0 bridgehead atoms. The van der Waals surface area contributed by atoms with Crippen molar-refractivity contribution in [3.8, 4) is 5.75 Å². The summed E-state index contributed by atoms with van der Waals surface area (Å²) in [5, 5.41) is 6.87. The summed E-state index contributed by atoms with van der Waals surface area (Å²) in [6.07, 6.45) is 8.20. The molecule has 1 aromatic carbocycles. The molecule has 1 aliphatic heterocycles. The van der Waals surface area contributed by atoms with Crippen LogP contribution in [0.15, 0.2) is 17.0 Å². The van der Waals surface area contributed by atoms with Gasteiger partial charge in [0, 0.05) is 38.6 Å². The Morgan fingerprint density at radius 2 is 1.78 bits per heavy atom. The topological polar surface area (TPSA) is 91.0 Å². The van der Waals surface area contributed by atoms with E-state index < -0.39 is 10.0 Å². The molecule has 3 rings (SSSR count). The van der Waals surface area contributed by atoms with Crippen molar-refractivity contribution in [3.05, 3.63) is 23.3 Å². The number of rotatable bonds is 11.